The van der Waals surface area contributed by atoms with Gasteiger partial charge in [0, 0.05) is 24.3 Å². The van der Waals surface area contributed by atoms with Crippen molar-refractivity contribution < 1.29 is 17.9 Å². The fraction of sp³-hybridized carbons (Fsp3) is 0.350. The highest BCUT2D eigenvalue weighted by atomic mass is 32.2. The van der Waals surface area contributed by atoms with Crippen molar-refractivity contribution >= 4 is 21.6 Å². The number of ether oxygens (including phenoxy) is 1. The standard InChI is InChI=1S/C20H24N2O4S/c1-3-16-6-4-5-15(2)19(16)21-20(23)17-7-9-18(10-8-17)27(24,25)22-11-13-26-14-12-22/h4-10H,3,11-14H2,1-2H3,(H,21,23). The lowest BCUT2D eigenvalue weighted by Crippen LogP contribution is -2.40. The van der Waals surface area contributed by atoms with Crippen LogP contribution in [-0.4, -0.2) is 44.9 Å². The number of hydrogen-bond donors (Lipinski definition) is 1. The number of nitrogens with zero attached hydrogens (tertiary/aromatic N) is 1. The maximum Gasteiger partial charge on any atom is 0.255 e. The SMILES string of the molecule is CCc1cccc(C)c1NC(=O)c1ccc(S(=O)(=O)N2CCOCC2)cc1. The maximum atomic E-state index is 12.7. The molecule has 1 heterocycles. The van der Waals surface area contributed by atoms with Gasteiger partial charge in [-0.15, -0.1) is 0 Å². The number of carbonyl (C=O) groups is 1. The van der Waals surface area contributed by atoms with E-state index in [0.29, 0.717) is 31.9 Å². The van der Waals surface area contributed by atoms with E-state index in [1.165, 1.54) is 16.4 Å². The number of para-hydroxylation sites is 1. The van der Waals surface area contributed by atoms with Gasteiger partial charge in [0.25, 0.3) is 5.91 Å². The predicted molar refractivity (Wildman–Crippen MR) is 105 cm³/mol. The highest BCUT2D eigenvalue weighted by Gasteiger charge is 2.26. The van der Waals surface area contributed by atoms with Gasteiger partial charge in [-0.2, -0.15) is 4.31 Å². The van der Waals surface area contributed by atoms with Gasteiger partial charge in [0.15, 0.2) is 0 Å². The summed E-state index contributed by atoms with van der Waals surface area (Å²) in [6.07, 6.45) is 0.814. The first-order valence-corrected chi connectivity index (χ1v) is 10.5. The van der Waals surface area contributed by atoms with Crippen LogP contribution in [0.2, 0.25) is 0 Å². The van der Waals surface area contributed by atoms with Crippen LogP contribution in [0.15, 0.2) is 47.4 Å². The Hall–Kier alpha value is -2.22. The van der Waals surface area contributed by atoms with Gasteiger partial charge in [-0.05, 0) is 48.7 Å². The third-order valence-corrected chi connectivity index (χ3v) is 6.62. The number of rotatable bonds is 5. The lowest BCUT2D eigenvalue weighted by atomic mass is 10.1. The van der Waals surface area contributed by atoms with E-state index in [-0.39, 0.29) is 10.8 Å². The minimum atomic E-state index is -3.56. The number of anilines is 1. The Morgan fingerprint density at radius 3 is 2.41 bits per heavy atom. The molecule has 0 unspecified atom stereocenters. The molecule has 6 nitrogen and oxygen atoms in total. The number of nitrogens with one attached hydrogen (secondary N) is 1. The van der Waals surface area contributed by atoms with Crippen molar-refractivity contribution in [3.8, 4) is 0 Å². The fourth-order valence-corrected chi connectivity index (χ4v) is 4.51. The molecule has 0 aromatic heterocycles. The second kappa shape index (κ2) is 8.21. The van der Waals surface area contributed by atoms with Gasteiger partial charge in [0.05, 0.1) is 18.1 Å². The largest absolute Gasteiger partial charge is 0.379 e. The minimum absolute atomic E-state index is 0.186. The Balaban J connectivity index is 1.78. The first-order chi connectivity index (χ1) is 12.9. The summed E-state index contributed by atoms with van der Waals surface area (Å²) in [4.78, 5) is 12.8. The molecule has 2 aromatic rings. The average Bonchev–Trinajstić information content (AvgIpc) is 2.70. The third-order valence-electron chi connectivity index (χ3n) is 4.70. The summed E-state index contributed by atoms with van der Waals surface area (Å²) in [7, 11) is -3.56. The summed E-state index contributed by atoms with van der Waals surface area (Å²) in [5.74, 6) is -0.255. The zero-order valence-corrected chi connectivity index (χ0v) is 16.4. The fourth-order valence-electron chi connectivity index (χ4n) is 3.10. The molecule has 7 heteroatoms. The molecule has 0 aliphatic carbocycles. The minimum Gasteiger partial charge on any atom is -0.379 e. The van der Waals surface area contributed by atoms with Crippen LogP contribution in [0.25, 0.3) is 0 Å². The Labute approximate surface area is 160 Å². The highest BCUT2D eigenvalue weighted by Crippen LogP contribution is 2.23. The molecule has 1 fully saturated rings. The Morgan fingerprint density at radius 2 is 1.78 bits per heavy atom. The second-order valence-corrected chi connectivity index (χ2v) is 8.40. The van der Waals surface area contributed by atoms with Crippen LogP contribution >= 0.6 is 0 Å². The van der Waals surface area contributed by atoms with Crippen molar-refractivity contribution in [2.45, 2.75) is 25.2 Å². The zero-order chi connectivity index (χ0) is 19.4. The van der Waals surface area contributed by atoms with Crippen molar-refractivity contribution in [3.63, 3.8) is 0 Å². The number of morpholine rings is 1. The van der Waals surface area contributed by atoms with Gasteiger partial charge < -0.3 is 10.1 Å². The van der Waals surface area contributed by atoms with Crippen molar-refractivity contribution in [2.75, 3.05) is 31.6 Å². The van der Waals surface area contributed by atoms with Gasteiger partial charge in [-0.3, -0.25) is 4.79 Å². The topological polar surface area (TPSA) is 75.7 Å². The maximum absolute atomic E-state index is 12.7. The van der Waals surface area contributed by atoms with Crippen molar-refractivity contribution in [1.29, 1.82) is 0 Å². The molecule has 2 aromatic carbocycles. The van der Waals surface area contributed by atoms with E-state index in [1.54, 1.807) is 12.1 Å². The molecule has 27 heavy (non-hydrogen) atoms. The molecule has 1 N–H and O–H groups in total. The molecule has 0 saturated carbocycles. The molecular formula is C20H24N2O4S. The quantitative estimate of drug-likeness (QED) is 0.855. The van der Waals surface area contributed by atoms with Crippen LogP contribution in [0.1, 0.15) is 28.4 Å². The van der Waals surface area contributed by atoms with Gasteiger partial charge in [0.2, 0.25) is 10.0 Å². The molecule has 0 spiro atoms. The molecule has 0 atom stereocenters. The number of carbonyl (C=O) groups excluding carboxylic acids is 1. The van der Waals surface area contributed by atoms with E-state index in [2.05, 4.69) is 5.32 Å². The number of amides is 1. The molecule has 0 radical (unpaired) electrons. The van der Waals surface area contributed by atoms with Crippen molar-refractivity contribution in [1.82, 2.24) is 4.31 Å². The van der Waals surface area contributed by atoms with Gasteiger partial charge >= 0.3 is 0 Å². The van der Waals surface area contributed by atoms with E-state index < -0.39 is 10.0 Å². The van der Waals surface area contributed by atoms with E-state index in [9.17, 15) is 13.2 Å². The van der Waals surface area contributed by atoms with Crippen molar-refractivity contribution in [3.05, 3.63) is 59.2 Å². The van der Waals surface area contributed by atoms with Gasteiger partial charge in [-0.25, -0.2) is 8.42 Å². The number of hydrogen-bond acceptors (Lipinski definition) is 4. The first kappa shape index (κ1) is 19.5. The van der Waals surface area contributed by atoms with Gasteiger partial charge in [0.1, 0.15) is 0 Å². The molecule has 1 saturated heterocycles. The lowest BCUT2D eigenvalue weighted by Gasteiger charge is -2.26. The van der Waals surface area contributed by atoms with E-state index >= 15 is 0 Å². The Kier molecular flexibility index (Phi) is 5.94. The smallest absolute Gasteiger partial charge is 0.255 e. The Morgan fingerprint density at radius 1 is 1.11 bits per heavy atom. The van der Waals surface area contributed by atoms with Crippen LogP contribution in [-0.2, 0) is 21.2 Å². The summed E-state index contributed by atoms with van der Waals surface area (Å²) >= 11 is 0. The summed E-state index contributed by atoms with van der Waals surface area (Å²) in [6, 6.07) is 12.0. The summed E-state index contributed by atoms with van der Waals surface area (Å²) in [5, 5.41) is 2.95. The van der Waals surface area contributed by atoms with Gasteiger partial charge in [-0.1, -0.05) is 25.1 Å². The number of sulfonamides is 1. The summed E-state index contributed by atoms with van der Waals surface area (Å²) < 4.78 is 31.9. The molecule has 1 aliphatic rings. The van der Waals surface area contributed by atoms with E-state index in [0.717, 1.165) is 23.2 Å². The average molecular weight is 388 g/mol. The zero-order valence-electron chi connectivity index (χ0n) is 15.6. The normalized spacial score (nSPS) is 15.5. The highest BCUT2D eigenvalue weighted by molar-refractivity contribution is 7.89. The van der Waals surface area contributed by atoms with Crippen LogP contribution in [0.4, 0.5) is 5.69 Å². The number of aryl methyl sites for hydroxylation is 2. The summed E-state index contributed by atoms with van der Waals surface area (Å²) in [6.45, 7) is 5.48. The first-order valence-electron chi connectivity index (χ1n) is 9.01. The van der Waals surface area contributed by atoms with Crippen LogP contribution < -0.4 is 5.32 Å². The van der Waals surface area contributed by atoms with E-state index in [1.807, 2.05) is 32.0 Å². The molecular weight excluding hydrogens is 364 g/mol. The van der Waals surface area contributed by atoms with E-state index in [4.69, 9.17) is 4.74 Å². The van der Waals surface area contributed by atoms with Crippen LogP contribution in [0, 0.1) is 6.92 Å². The molecule has 144 valence electrons. The molecule has 1 amide bonds. The molecule has 3 rings (SSSR count). The Bertz CT molecular complexity index is 917. The predicted octanol–water partition coefficient (Wildman–Crippen LogP) is 2.83. The lowest BCUT2D eigenvalue weighted by molar-refractivity contribution is 0.0730. The van der Waals surface area contributed by atoms with Crippen LogP contribution in [0.5, 0.6) is 0 Å². The molecule has 0 bridgehead atoms. The monoisotopic (exact) mass is 388 g/mol. The second-order valence-electron chi connectivity index (χ2n) is 6.46. The molecule has 1 aliphatic heterocycles. The number of benzene rings is 2. The summed E-state index contributed by atoms with van der Waals surface area (Å²) in [5.41, 5.74) is 3.29. The van der Waals surface area contributed by atoms with Crippen LogP contribution in [0.3, 0.4) is 0 Å². The van der Waals surface area contributed by atoms with Crippen molar-refractivity contribution in [2.24, 2.45) is 0 Å². The third kappa shape index (κ3) is 4.21.